The van der Waals surface area contributed by atoms with E-state index in [4.69, 9.17) is 4.74 Å². The summed E-state index contributed by atoms with van der Waals surface area (Å²) in [6.07, 6.45) is 6.37. The van der Waals surface area contributed by atoms with Crippen LogP contribution >= 0.6 is 0 Å². The number of carbonyl (C=O) groups excluding carboxylic acids is 1. The smallest absolute Gasteiger partial charge is 0.341 e. The number of aliphatic hydroxyl groups excluding tert-OH is 1. The number of rotatable bonds is 5. The Hall–Kier alpha value is -2.08. The zero-order chi connectivity index (χ0) is 17.1. The number of hydrogen-bond acceptors (Lipinski definition) is 5. The molecule has 3 atom stereocenters. The molecule has 0 amide bonds. The lowest BCUT2D eigenvalue weighted by molar-refractivity contribution is 0.0505. The van der Waals surface area contributed by atoms with E-state index >= 15 is 0 Å². The lowest BCUT2D eigenvalue weighted by Crippen LogP contribution is -2.36. The van der Waals surface area contributed by atoms with Crippen LogP contribution < -0.4 is 5.32 Å². The van der Waals surface area contributed by atoms with Crippen LogP contribution in [-0.2, 0) is 4.74 Å². The Kier molecular flexibility index (Phi) is 5.04. The molecule has 0 spiro atoms. The minimum absolute atomic E-state index is 0.214. The van der Waals surface area contributed by atoms with Crippen LogP contribution in [0.2, 0.25) is 0 Å². The Morgan fingerprint density at radius 1 is 1.50 bits per heavy atom. The Balaban J connectivity index is 1.91. The molecule has 130 valence electrons. The number of nitrogens with one attached hydrogen (secondary N) is 2. The maximum absolute atomic E-state index is 12.4. The fraction of sp³-hybridized carbons (Fsp3) is 0.556. The molecule has 3 unspecified atom stereocenters. The first-order valence-corrected chi connectivity index (χ1v) is 8.68. The van der Waals surface area contributed by atoms with Crippen molar-refractivity contribution in [2.75, 3.05) is 11.9 Å². The molecule has 6 heteroatoms. The number of ether oxygens (including phenoxy) is 1. The molecule has 2 aromatic rings. The van der Waals surface area contributed by atoms with Gasteiger partial charge in [0.2, 0.25) is 0 Å². The predicted molar refractivity (Wildman–Crippen MR) is 93.1 cm³/mol. The minimum atomic E-state index is -0.349. The van der Waals surface area contributed by atoms with Crippen LogP contribution in [0.3, 0.4) is 0 Å². The van der Waals surface area contributed by atoms with Crippen molar-refractivity contribution in [3.8, 4) is 0 Å². The maximum Gasteiger partial charge on any atom is 0.341 e. The fourth-order valence-corrected chi connectivity index (χ4v) is 3.36. The first-order chi connectivity index (χ1) is 11.6. The van der Waals surface area contributed by atoms with Crippen LogP contribution in [0.1, 0.15) is 49.9 Å². The fourth-order valence-electron chi connectivity index (χ4n) is 3.36. The highest BCUT2D eigenvalue weighted by Crippen LogP contribution is 2.32. The lowest BCUT2D eigenvalue weighted by Gasteiger charge is -2.33. The number of aliphatic hydroxyl groups is 1. The molecule has 0 aliphatic heterocycles. The van der Waals surface area contributed by atoms with Gasteiger partial charge in [0.05, 0.1) is 18.4 Å². The maximum atomic E-state index is 12.4. The molecule has 2 aromatic heterocycles. The Morgan fingerprint density at radius 2 is 2.33 bits per heavy atom. The molecule has 0 radical (unpaired) electrons. The van der Waals surface area contributed by atoms with E-state index < -0.39 is 0 Å². The van der Waals surface area contributed by atoms with E-state index in [2.05, 4.69) is 22.2 Å². The Bertz CT molecular complexity index is 713. The largest absolute Gasteiger partial charge is 0.462 e. The summed E-state index contributed by atoms with van der Waals surface area (Å²) in [7, 11) is 0. The second kappa shape index (κ2) is 7.21. The van der Waals surface area contributed by atoms with Gasteiger partial charge in [0.25, 0.3) is 0 Å². The molecule has 1 fully saturated rings. The van der Waals surface area contributed by atoms with E-state index in [1.54, 1.807) is 6.20 Å². The third-order valence-electron chi connectivity index (χ3n) is 4.72. The van der Waals surface area contributed by atoms with Crippen molar-refractivity contribution in [2.24, 2.45) is 5.92 Å². The van der Waals surface area contributed by atoms with Gasteiger partial charge in [0.1, 0.15) is 11.2 Å². The zero-order valence-corrected chi connectivity index (χ0v) is 14.2. The number of fused-ring (bicyclic) bond motifs is 1. The predicted octanol–water partition coefficient (Wildman–Crippen LogP) is 3.09. The van der Waals surface area contributed by atoms with Gasteiger partial charge in [-0.3, -0.25) is 0 Å². The summed E-state index contributed by atoms with van der Waals surface area (Å²) in [5, 5.41) is 14.2. The summed E-state index contributed by atoms with van der Waals surface area (Å²) in [6.45, 7) is 4.50. The second-order valence-corrected chi connectivity index (χ2v) is 6.62. The molecular weight excluding hydrogens is 306 g/mol. The molecule has 3 rings (SSSR count). The van der Waals surface area contributed by atoms with Gasteiger partial charge < -0.3 is 20.1 Å². The summed E-state index contributed by atoms with van der Waals surface area (Å²) in [5.74, 6) is -0.0196. The number of hydrogen-bond donors (Lipinski definition) is 3. The number of aromatic amines is 1. The highest BCUT2D eigenvalue weighted by atomic mass is 16.5. The summed E-state index contributed by atoms with van der Waals surface area (Å²) in [4.78, 5) is 19.8. The van der Waals surface area contributed by atoms with Gasteiger partial charge in [-0.1, -0.05) is 13.8 Å². The van der Waals surface area contributed by atoms with Crippen molar-refractivity contribution in [3.05, 3.63) is 24.0 Å². The molecule has 24 heavy (non-hydrogen) atoms. The summed E-state index contributed by atoms with van der Waals surface area (Å²) >= 11 is 0. The van der Waals surface area contributed by atoms with Gasteiger partial charge in [-0.15, -0.1) is 0 Å². The molecule has 1 aliphatic rings. The standard InChI is InChI=1S/C18H25N3O3/c1-3-8-24-18(23)14-10-20-17-13(6-7-19-17)16(14)21-15-5-4-12(22)9-11(15)2/h6-7,10-12,15,22H,3-5,8-9H2,1-2H3,(H2,19,20,21). The molecule has 1 saturated carbocycles. The number of esters is 1. The zero-order valence-electron chi connectivity index (χ0n) is 14.2. The quantitative estimate of drug-likeness (QED) is 0.733. The molecular formula is C18H25N3O3. The summed E-state index contributed by atoms with van der Waals surface area (Å²) < 4.78 is 5.31. The number of aromatic nitrogens is 2. The number of pyridine rings is 1. The van der Waals surface area contributed by atoms with E-state index in [-0.39, 0.29) is 18.1 Å². The van der Waals surface area contributed by atoms with Crippen molar-refractivity contribution < 1.29 is 14.6 Å². The van der Waals surface area contributed by atoms with E-state index in [1.807, 2.05) is 19.2 Å². The Morgan fingerprint density at radius 3 is 3.08 bits per heavy atom. The van der Waals surface area contributed by atoms with Gasteiger partial charge in [-0.05, 0) is 37.7 Å². The van der Waals surface area contributed by atoms with Crippen LogP contribution in [0, 0.1) is 5.92 Å². The van der Waals surface area contributed by atoms with Crippen molar-refractivity contribution in [1.29, 1.82) is 0 Å². The Labute approximate surface area is 141 Å². The van der Waals surface area contributed by atoms with Crippen LogP contribution in [-0.4, -0.2) is 39.8 Å². The number of nitrogens with zero attached hydrogens (tertiary/aromatic N) is 1. The van der Waals surface area contributed by atoms with Crippen LogP contribution in [0.25, 0.3) is 11.0 Å². The SMILES string of the molecule is CCCOC(=O)c1cnc2[nH]ccc2c1NC1CCC(O)CC1C. The topological polar surface area (TPSA) is 87.2 Å². The van der Waals surface area contributed by atoms with Crippen molar-refractivity contribution >= 4 is 22.7 Å². The highest BCUT2D eigenvalue weighted by Gasteiger charge is 2.28. The molecule has 3 N–H and O–H groups in total. The molecule has 0 saturated heterocycles. The third-order valence-corrected chi connectivity index (χ3v) is 4.72. The molecule has 2 heterocycles. The van der Waals surface area contributed by atoms with Crippen LogP contribution in [0.4, 0.5) is 5.69 Å². The first-order valence-electron chi connectivity index (χ1n) is 8.68. The highest BCUT2D eigenvalue weighted by molar-refractivity contribution is 6.04. The van der Waals surface area contributed by atoms with Crippen molar-refractivity contribution in [3.63, 3.8) is 0 Å². The van der Waals surface area contributed by atoms with Gasteiger partial charge in [0.15, 0.2) is 0 Å². The number of anilines is 1. The van der Waals surface area contributed by atoms with Gasteiger partial charge in [-0.2, -0.15) is 0 Å². The number of H-pyrrole nitrogens is 1. The van der Waals surface area contributed by atoms with E-state index in [9.17, 15) is 9.90 Å². The summed E-state index contributed by atoms with van der Waals surface area (Å²) in [5.41, 5.74) is 1.98. The number of carbonyl (C=O) groups is 1. The van der Waals surface area contributed by atoms with Gasteiger partial charge in [0, 0.05) is 23.8 Å². The van der Waals surface area contributed by atoms with E-state index in [1.165, 1.54) is 0 Å². The van der Waals surface area contributed by atoms with Crippen LogP contribution in [0.15, 0.2) is 18.5 Å². The molecule has 1 aliphatic carbocycles. The van der Waals surface area contributed by atoms with E-state index in [0.717, 1.165) is 42.4 Å². The van der Waals surface area contributed by atoms with Crippen molar-refractivity contribution in [2.45, 2.75) is 51.7 Å². The minimum Gasteiger partial charge on any atom is -0.462 e. The van der Waals surface area contributed by atoms with Crippen LogP contribution in [0.5, 0.6) is 0 Å². The molecule has 0 aromatic carbocycles. The third kappa shape index (κ3) is 3.38. The van der Waals surface area contributed by atoms with E-state index in [0.29, 0.717) is 18.1 Å². The normalized spacial score (nSPS) is 24.0. The van der Waals surface area contributed by atoms with Gasteiger partial charge >= 0.3 is 5.97 Å². The second-order valence-electron chi connectivity index (χ2n) is 6.62. The first kappa shape index (κ1) is 16.8. The van der Waals surface area contributed by atoms with Gasteiger partial charge in [-0.25, -0.2) is 9.78 Å². The van der Waals surface area contributed by atoms with Crippen molar-refractivity contribution in [1.82, 2.24) is 9.97 Å². The average molecular weight is 331 g/mol. The monoisotopic (exact) mass is 331 g/mol. The molecule has 6 nitrogen and oxygen atoms in total. The summed E-state index contributed by atoms with van der Waals surface area (Å²) in [6, 6.07) is 2.13. The lowest BCUT2D eigenvalue weighted by atomic mass is 9.84. The average Bonchev–Trinajstić information content (AvgIpc) is 3.04. The molecule has 0 bridgehead atoms.